The molecule has 0 bridgehead atoms. The minimum Gasteiger partial charge on any atom is -0.545 e. The third-order valence-electron chi connectivity index (χ3n) is 14.1. The summed E-state index contributed by atoms with van der Waals surface area (Å²) in [5.74, 6) is -2.35. The SMILES string of the molecule is CC/C=C\C/C=C\C/C=C\C/C=C\C/C=C\C/C=C\C/C=C\C/C=C\C/C=C\C/C=C\C/C=C\C/C=C\CCCCCCC(=O)OC(COC(=O)CCCCCCCCCC/C=C\C/C=C\C/C=C\CCCCCCC)COC(OCC[N+](C)(C)C)C(=O)[O-]. The Morgan fingerprint density at radius 3 is 0.955 bits per heavy atom. The van der Waals surface area contributed by atoms with Gasteiger partial charge in [-0.25, -0.2) is 0 Å². The van der Waals surface area contributed by atoms with E-state index in [0.717, 1.165) is 148 Å². The van der Waals surface area contributed by atoms with E-state index in [9.17, 15) is 19.5 Å². The van der Waals surface area contributed by atoms with Crippen LogP contribution in [0.2, 0.25) is 0 Å². The van der Waals surface area contributed by atoms with Crippen molar-refractivity contribution in [3.63, 3.8) is 0 Å². The highest BCUT2D eigenvalue weighted by Crippen LogP contribution is 2.14. The minimum atomic E-state index is -1.64. The fourth-order valence-corrected chi connectivity index (χ4v) is 8.82. The zero-order valence-corrected chi connectivity index (χ0v) is 57.0. The van der Waals surface area contributed by atoms with E-state index in [0.29, 0.717) is 17.4 Å². The van der Waals surface area contributed by atoms with Crippen molar-refractivity contribution >= 4 is 17.9 Å². The molecule has 0 saturated heterocycles. The van der Waals surface area contributed by atoms with Crippen molar-refractivity contribution in [2.75, 3.05) is 47.5 Å². The second-order valence-corrected chi connectivity index (χ2v) is 23.7. The zero-order chi connectivity index (χ0) is 64.7. The number of likely N-dealkylation sites (N-methyl/N-ethyl adjacent to an activating group) is 1. The summed E-state index contributed by atoms with van der Waals surface area (Å²) < 4.78 is 22.7. The van der Waals surface area contributed by atoms with Crippen LogP contribution in [-0.4, -0.2) is 82.3 Å². The number of carbonyl (C=O) groups excluding carboxylic acids is 3. The maximum atomic E-state index is 12.9. The topological polar surface area (TPSA) is 111 Å². The van der Waals surface area contributed by atoms with Gasteiger partial charge in [0.1, 0.15) is 13.2 Å². The largest absolute Gasteiger partial charge is 0.545 e. The fraction of sp³-hybridized carbons (Fsp3) is 0.588. The number of unbranched alkanes of at least 4 members (excludes halogenated alkanes) is 17. The number of quaternary nitrogens is 1. The lowest BCUT2D eigenvalue weighted by Gasteiger charge is -2.26. The van der Waals surface area contributed by atoms with Gasteiger partial charge in [-0.2, -0.15) is 0 Å². The quantitative estimate of drug-likeness (QED) is 0.0195. The summed E-state index contributed by atoms with van der Waals surface area (Å²) in [7, 11) is 5.90. The average molecular weight is 1230 g/mol. The Bertz CT molecular complexity index is 2120. The number of carboxylic acids is 1. The lowest BCUT2D eigenvalue weighted by atomic mass is 10.1. The van der Waals surface area contributed by atoms with Gasteiger partial charge in [-0.15, -0.1) is 0 Å². The lowest BCUT2D eigenvalue weighted by molar-refractivity contribution is -0.870. The van der Waals surface area contributed by atoms with Gasteiger partial charge in [0.25, 0.3) is 0 Å². The number of nitrogens with zero attached hydrogens (tertiary/aromatic N) is 1. The molecule has 2 unspecified atom stereocenters. The normalized spacial score (nSPS) is 13.9. The van der Waals surface area contributed by atoms with E-state index < -0.39 is 24.3 Å². The van der Waals surface area contributed by atoms with Gasteiger partial charge in [0.05, 0.1) is 40.3 Å². The average Bonchev–Trinajstić information content (AvgIpc) is 3.64. The molecule has 0 aliphatic heterocycles. The van der Waals surface area contributed by atoms with Gasteiger partial charge in [0.2, 0.25) is 0 Å². The molecule has 89 heavy (non-hydrogen) atoms. The summed E-state index contributed by atoms with van der Waals surface area (Å²) in [5.41, 5.74) is 0. The van der Waals surface area contributed by atoms with Crippen LogP contribution in [0.3, 0.4) is 0 Å². The molecular formula is C80H127NO8. The van der Waals surface area contributed by atoms with Crippen LogP contribution in [0, 0.1) is 0 Å². The number of hydrogen-bond donors (Lipinski definition) is 0. The molecule has 0 spiro atoms. The third kappa shape index (κ3) is 69.7. The Kier molecular flexibility index (Phi) is 64.0. The van der Waals surface area contributed by atoms with Gasteiger partial charge < -0.3 is 33.3 Å². The number of allylic oxidation sites excluding steroid dienone is 30. The van der Waals surface area contributed by atoms with E-state index in [1.807, 2.05) is 21.1 Å². The molecule has 2 atom stereocenters. The maximum absolute atomic E-state index is 12.9. The number of carboxylic acid groups (broad SMARTS) is 1. The predicted molar refractivity (Wildman–Crippen MR) is 379 cm³/mol. The molecule has 0 amide bonds. The van der Waals surface area contributed by atoms with Crippen LogP contribution >= 0.6 is 0 Å². The molecule has 9 heteroatoms. The first-order chi connectivity index (χ1) is 43.6. The highest BCUT2D eigenvalue weighted by Gasteiger charge is 2.22. The second-order valence-electron chi connectivity index (χ2n) is 23.7. The highest BCUT2D eigenvalue weighted by atomic mass is 16.7. The van der Waals surface area contributed by atoms with E-state index in [2.05, 4.69) is 196 Å². The predicted octanol–water partition coefficient (Wildman–Crippen LogP) is 20.7. The van der Waals surface area contributed by atoms with Crippen LogP contribution in [0.5, 0.6) is 0 Å². The first kappa shape index (κ1) is 83.4. The van der Waals surface area contributed by atoms with Gasteiger partial charge in [-0.3, -0.25) is 9.59 Å². The molecule has 0 saturated carbocycles. The summed E-state index contributed by atoms with van der Waals surface area (Å²) >= 11 is 0. The molecule has 0 aromatic rings. The van der Waals surface area contributed by atoms with Crippen molar-refractivity contribution in [1.82, 2.24) is 0 Å². The number of carbonyl (C=O) groups is 3. The molecule has 0 radical (unpaired) electrons. The van der Waals surface area contributed by atoms with Crippen LogP contribution in [0.15, 0.2) is 182 Å². The number of aliphatic carboxylic acids is 1. The molecule has 0 aliphatic rings. The monoisotopic (exact) mass is 1230 g/mol. The summed E-state index contributed by atoms with van der Waals surface area (Å²) in [4.78, 5) is 37.5. The molecule has 0 fully saturated rings. The fourth-order valence-electron chi connectivity index (χ4n) is 8.82. The summed E-state index contributed by atoms with van der Waals surface area (Å²) in [6.45, 7) is 4.56. The maximum Gasteiger partial charge on any atom is 0.306 e. The van der Waals surface area contributed by atoms with Crippen molar-refractivity contribution in [2.24, 2.45) is 0 Å². The number of rotatable bonds is 62. The van der Waals surface area contributed by atoms with Gasteiger partial charge in [0.15, 0.2) is 12.4 Å². The summed E-state index contributed by atoms with van der Waals surface area (Å²) in [5, 5.41) is 11.8. The Labute approximate surface area is 545 Å². The molecule has 0 aromatic heterocycles. The van der Waals surface area contributed by atoms with Crippen molar-refractivity contribution in [2.45, 2.75) is 257 Å². The highest BCUT2D eigenvalue weighted by molar-refractivity contribution is 5.70. The molecule has 500 valence electrons. The van der Waals surface area contributed by atoms with E-state index in [1.165, 1.54) is 64.2 Å². The van der Waals surface area contributed by atoms with Crippen LogP contribution in [0.1, 0.15) is 245 Å². The van der Waals surface area contributed by atoms with Crippen LogP contribution < -0.4 is 5.11 Å². The zero-order valence-electron chi connectivity index (χ0n) is 57.0. The first-order valence-corrected chi connectivity index (χ1v) is 34.9. The molecule has 0 N–H and O–H groups in total. The Hall–Kier alpha value is -5.61. The van der Waals surface area contributed by atoms with Crippen molar-refractivity contribution in [3.8, 4) is 0 Å². The molecular weight excluding hydrogens is 1100 g/mol. The molecule has 9 nitrogen and oxygen atoms in total. The Balaban J connectivity index is 4.27. The number of hydrogen-bond acceptors (Lipinski definition) is 8. The summed E-state index contributed by atoms with van der Waals surface area (Å²) in [6, 6.07) is 0. The first-order valence-electron chi connectivity index (χ1n) is 34.9. The third-order valence-corrected chi connectivity index (χ3v) is 14.1. The molecule has 0 rings (SSSR count). The van der Waals surface area contributed by atoms with Gasteiger partial charge in [0, 0.05) is 12.8 Å². The standard InChI is InChI=1S/C80H127NO8/c1-6-8-10-12-14-16-18-20-22-24-26-28-30-31-32-33-34-35-36-37-38-39-40-41-42-43-44-45-46-47-49-51-53-55-57-59-61-63-65-67-69-71-78(83)89-76(75-88-80(79(84)85)86-73-72-81(3,4)5)74-87-77(82)70-68-66-64-62-60-58-56-54-52-50-48-29-27-25-23-21-19-17-15-13-11-9-7-2/h8,10,14,16,19-22,25-28,31-32,34-35,37-38,40-41,43-44,46-48,50-51,53,57,59,76,80H,6-7,9,11-13,15,17-18,23-24,29-30,33,36,39,42,45,49,52,54-56,58,60-75H2,1-5H3/b10-8-,16-14-,21-19-,22-20-,27-25-,28-26-,32-31-,35-34-,38-37-,41-40-,44-43-,47-46-,50-48-,53-51-,59-57-. The Morgan fingerprint density at radius 1 is 0.348 bits per heavy atom. The van der Waals surface area contributed by atoms with Gasteiger partial charge in [-0.05, 0) is 141 Å². The second kappa shape index (κ2) is 68.3. The van der Waals surface area contributed by atoms with E-state index >= 15 is 0 Å². The lowest BCUT2D eigenvalue weighted by Crippen LogP contribution is -2.44. The van der Waals surface area contributed by atoms with Gasteiger partial charge >= 0.3 is 11.9 Å². The van der Waals surface area contributed by atoms with E-state index in [-0.39, 0.29) is 38.6 Å². The van der Waals surface area contributed by atoms with Crippen molar-refractivity contribution in [1.29, 1.82) is 0 Å². The summed E-state index contributed by atoms with van der Waals surface area (Å²) in [6.07, 6.45) is 101. The van der Waals surface area contributed by atoms with E-state index in [1.54, 1.807) is 0 Å². The molecule has 0 heterocycles. The van der Waals surface area contributed by atoms with Crippen molar-refractivity contribution < 1.29 is 42.9 Å². The minimum absolute atomic E-state index is 0.131. The smallest absolute Gasteiger partial charge is 0.306 e. The molecule has 0 aliphatic carbocycles. The Morgan fingerprint density at radius 2 is 0.640 bits per heavy atom. The number of ether oxygens (including phenoxy) is 4. The van der Waals surface area contributed by atoms with Crippen LogP contribution in [-0.2, 0) is 33.3 Å². The van der Waals surface area contributed by atoms with E-state index in [4.69, 9.17) is 18.9 Å². The van der Waals surface area contributed by atoms with Crippen molar-refractivity contribution in [3.05, 3.63) is 182 Å². The van der Waals surface area contributed by atoms with Crippen LogP contribution in [0.25, 0.3) is 0 Å². The van der Waals surface area contributed by atoms with Gasteiger partial charge in [-0.1, -0.05) is 273 Å². The molecule has 0 aromatic carbocycles. The number of esters is 2. The van der Waals surface area contributed by atoms with Crippen LogP contribution in [0.4, 0.5) is 0 Å².